The fraction of sp³-hybridized carbons (Fsp3) is 0.286. The molecule has 0 bridgehead atoms. The van der Waals surface area contributed by atoms with Crippen LogP contribution in [0.1, 0.15) is 0 Å². The molecule has 0 saturated carbocycles. The van der Waals surface area contributed by atoms with Crippen LogP contribution in [0.15, 0.2) is 48.5 Å². The smallest absolute Gasteiger partial charge is 0.344 e. The summed E-state index contributed by atoms with van der Waals surface area (Å²) in [6.07, 6.45) is 0. The number of likely N-dealkylation sites (N-methyl/N-ethyl adjacent to an activating group) is 1. The summed E-state index contributed by atoms with van der Waals surface area (Å²) in [6, 6.07) is 13.5. The molecule has 9 heteroatoms. The van der Waals surface area contributed by atoms with Crippen LogP contribution in [0.25, 0.3) is 0 Å². The van der Waals surface area contributed by atoms with Gasteiger partial charge < -0.3 is 29.2 Å². The number of nitrogens with one attached hydrogen (secondary N) is 1. The molecular weight excluding hydrogens is 392 g/mol. The molecule has 2 aromatic rings. The van der Waals surface area contributed by atoms with E-state index < -0.39 is 24.4 Å². The number of carbonyl (C=O) groups is 3. The second-order valence-corrected chi connectivity index (χ2v) is 6.15. The van der Waals surface area contributed by atoms with Crippen molar-refractivity contribution in [2.75, 3.05) is 46.3 Å². The zero-order valence-electron chi connectivity index (χ0n) is 17.0. The number of benzene rings is 2. The molecule has 0 spiro atoms. The molecule has 0 heterocycles. The topological polar surface area (TPSA) is 103 Å². The second-order valence-electron chi connectivity index (χ2n) is 6.15. The van der Waals surface area contributed by atoms with E-state index in [-0.39, 0.29) is 13.2 Å². The Hall–Kier alpha value is -3.75. The Balaban J connectivity index is 1.71. The molecule has 0 fully saturated rings. The summed E-state index contributed by atoms with van der Waals surface area (Å²) < 4.78 is 20.3. The molecule has 2 amide bonds. The lowest BCUT2D eigenvalue weighted by Crippen LogP contribution is -2.37. The van der Waals surface area contributed by atoms with Crippen molar-refractivity contribution in [2.24, 2.45) is 0 Å². The minimum Gasteiger partial charge on any atom is -0.497 e. The summed E-state index contributed by atoms with van der Waals surface area (Å²) in [6.45, 7) is -1.04. The number of esters is 1. The molecule has 0 radical (unpaired) electrons. The van der Waals surface area contributed by atoms with Gasteiger partial charge in [0.05, 0.1) is 20.8 Å². The van der Waals surface area contributed by atoms with Crippen LogP contribution in [-0.2, 0) is 19.1 Å². The number of methoxy groups -OCH3 is 2. The van der Waals surface area contributed by atoms with Crippen molar-refractivity contribution in [3.05, 3.63) is 48.5 Å². The third-order valence-corrected chi connectivity index (χ3v) is 3.93. The minimum atomic E-state index is -0.701. The largest absolute Gasteiger partial charge is 0.497 e. The Morgan fingerprint density at radius 1 is 0.900 bits per heavy atom. The van der Waals surface area contributed by atoms with E-state index in [1.165, 1.54) is 14.2 Å². The maximum absolute atomic E-state index is 12.1. The van der Waals surface area contributed by atoms with Gasteiger partial charge in [-0.25, -0.2) is 4.79 Å². The predicted molar refractivity (Wildman–Crippen MR) is 109 cm³/mol. The van der Waals surface area contributed by atoms with E-state index >= 15 is 0 Å². The maximum atomic E-state index is 12.1. The van der Waals surface area contributed by atoms with Crippen molar-refractivity contribution >= 4 is 23.5 Å². The average molecular weight is 416 g/mol. The fourth-order valence-electron chi connectivity index (χ4n) is 2.31. The number of hydrogen-bond acceptors (Lipinski definition) is 7. The Labute approximate surface area is 174 Å². The lowest BCUT2D eigenvalue weighted by molar-refractivity contribution is -0.153. The van der Waals surface area contributed by atoms with Gasteiger partial charge in [0, 0.05) is 18.8 Å². The molecule has 1 N–H and O–H groups in total. The van der Waals surface area contributed by atoms with Crippen LogP contribution in [0.4, 0.5) is 5.69 Å². The first kappa shape index (κ1) is 22.5. The Morgan fingerprint density at radius 2 is 1.57 bits per heavy atom. The minimum absolute atomic E-state index is 0.198. The van der Waals surface area contributed by atoms with Gasteiger partial charge in [-0.2, -0.15) is 0 Å². The van der Waals surface area contributed by atoms with Crippen LogP contribution in [-0.4, -0.2) is 63.7 Å². The number of hydrogen-bond donors (Lipinski definition) is 1. The summed E-state index contributed by atoms with van der Waals surface area (Å²) in [4.78, 5) is 37.1. The molecule has 0 aliphatic carbocycles. The molecular formula is C21H24N2O7. The number of carbonyl (C=O) groups excluding carboxylic acids is 3. The van der Waals surface area contributed by atoms with Gasteiger partial charge in [0.25, 0.3) is 5.91 Å². The van der Waals surface area contributed by atoms with Gasteiger partial charge in [0.2, 0.25) is 5.91 Å². The first-order chi connectivity index (χ1) is 14.4. The quantitative estimate of drug-likeness (QED) is 0.588. The second kappa shape index (κ2) is 11.3. The average Bonchev–Trinajstić information content (AvgIpc) is 2.76. The molecule has 0 aromatic heterocycles. The Kier molecular flexibility index (Phi) is 8.49. The summed E-state index contributed by atoms with van der Waals surface area (Å²) in [7, 11) is 4.51. The number of ether oxygens (including phenoxy) is 4. The molecule has 30 heavy (non-hydrogen) atoms. The lowest BCUT2D eigenvalue weighted by atomic mass is 10.3. The standard InChI is InChI=1S/C21H24N2O7/c1-23(12-19(24)22-15-5-4-6-18(11-15)28-3)20(25)13-30-21(26)14-29-17-9-7-16(27-2)8-10-17/h4-11H,12-14H2,1-3H3,(H,22,24). The van der Waals surface area contributed by atoms with Crippen LogP contribution >= 0.6 is 0 Å². The number of rotatable bonds is 10. The molecule has 160 valence electrons. The van der Waals surface area contributed by atoms with E-state index in [1.54, 1.807) is 55.6 Å². The molecule has 9 nitrogen and oxygen atoms in total. The number of nitrogens with zero attached hydrogens (tertiary/aromatic N) is 1. The van der Waals surface area contributed by atoms with E-state index in [1.807, 2.05) is 0 Å². The van der Waals surface area contributed by atoms with Crippen molar-refractivity contribution in [3.63, 3.8) is 0 Å². The highest BCUT2D eigenvalue weighted by Crippen LogP contribution is 2.17. The van der Waals surface area contributed by atoms with E-state index in [9.17, 15) is 14.4 Å². The summed E-state index contributed by atoms with van der Waals surface area (Å²) in [5.41, 5.74) is 0.544. The van der Waals surface area contributed by atoms with Gasteiger partial charge in [0.1, 0.15) is 17.2 Å². The van der Waals surface area contributed by atoms with Crippen molar-refractivity contribution in [1.29, 1.82) is 0 Å². The van der Waals surface area contributed by atoms with Crippen molar-refractivity contribution < 1.29 is 33.3 Å². The molecule has 2 aromatic carbocycles. The highest BCUT2D eigenvalue weighted by Gasteiger charge is 2.16. The first-order valence-corrected chi connectivity index (χ1v) is 9.01. The van der Waals surface area contributed by atoms with Gasteiger partial charge in [-0.15, -0.1) is 0 Å². The molecule has 0 unspecified atom stereocenters. The van der Waals surface area contributed by atoms with Crippen LogP contribution in [0.3, 0.4) is 0 Å². The summed E-state index contributed by atoms with van der Waals surface area (Å²) in [5, 5.41) is 2.66. The van der Waals surface area contributed by atoms with Gasteiger partial charge in [-0.1, -0.05) is 6.07 Å². The SMILES string of the molecule is COc1ccc(OCC(=O)OCC(=O)N(C)CC(=O)Nc2cccc(OC)c2)cc1. The Bertz CT molecular complexity index is 868. The van der Waals surface area contributed by atoms with Crippen LogP contribution in [0, 0.1) is 0 Å². The Morgan fingerprint density at radius 3 is 2.23 bits per heavy atom. The fourth-order valence-corrected chi connectivity index (χ4v) is 2.31. The van der Waals surface area contributed by atoms with Gasteiger partial charge in [-0.05, 0) is 36.4 Å². The van der Waals surface area contributed by atoms with Crippen LogP contribution in [0.5, 0.6) is 17.2 Å². The van der Waals surface area contributed by atoms with Crippen LogP contribution < -0.4 is 19.5 Å². The third-order valence-electron chi connectivity index (χ3n) is 3.93. The van der Waals surface area contributed by atoms with Gasteiger partial charge >= 0.3 is 5.97 Å². The maximum Gasteiger partial charge on any atom is 0.344 e. The predicted octanol–water partition coefficient (Wildman–Crippen LogP) is 1.72. The summed E-state index contributed by atoms with van der Waals surface area (Å²) in [5.74, 6) is 0.107. The van der Waals surface area contributed by atoms with E-state index in [0.29, 0.717) is 22.9 Å². The van der Waals surface area contributed by atoms with Crippen molar-refractivity contribution in [1.82, 2.24) is 4.90 Å². The first-order valence-electron chi connectivity index (χ1n) is 9.01. The van der Waals surface area contributed by atoms with Crippen molar-refractivity contribution in [3.8, 4) is 17.2 Å². The number of anilines is 1. The molecule has 0 saturated heterocycles. The van der Waals surface area contributed by atoms with Crippen LogP contribution in [0.2, 0.25) is 0 Å². The highest BCUT2D eigenvalue weighted by molar-refractivity contribution is 5.94. The van der Waals surface area contributed by atoms with Gasteiger partial charge in [0.15, 0.2) is 13.2 Å². The lowest BCUT2D eigenvalue weighted by Gasteiger charge is -2.17. The molecule has 2 rings (SSSR count). The molecule has 0 aliphatic heterocycles. The highest BCUT2D eigenvalue weighted by atomic mass is 16.6. The monoisotopic (exact) mass is 416 g/mol. The van der Waals surface area contributed by atoms with E-state index in [0.717, 1.165) is 4.90 Å². The zero-order valence-corrected chi connectivity index (χ0v) is 17.0. The van der Waals surface area contributed by atoms with Gasteiger partial charge in [-0.3, -0.25) is 9.59 Å². The summed E-state index contributed by atoms with van der Waals surface area (Å²) >= 11 is 0. The number of amides is 2. The van der Waals surface area contributed by atoms with Crippen molar-refractivity contribution in [2.45, 2.75) is 0 Å². The third kappa shape index (κ3) is 7.34. The molecule has 0 aliphatic rings. The molecule has 0 atom stereocenters. The van der Waals surface area contributed by atoms with E-state index in [4.69, 9.17) is 18.9 Å². The van der Waals surface area contributed by atoms with E-state index in [2.05, 4.69) is 5.32 Å². The zero-order chi connectivity index (χ0) is 21.9. The normalized spacial score (nSPS) is 9.97.